The number of amides is 2. The maximum absolute atomic E-state index is 13.5. The molecule has 0 saturated heterocycles. The van der Waals surface area contributed by atoms with Gasteiger partial charge in [-0.05, 0) is 61.0 Å². The normalized spacial score (nSPS) is 12.0. The number of nitrogens with one attached hydrogen (secondary N) is 1. The molecule has 1 heterocycles. The molecule has 1 aliphatic heterocycles. The molecule has 174 valence electrons. The molecular formula is C28H21ClN2O2S2. The molecule has 0 spiro atoms. The minimum Gasteiger partial charge on any atom is -0.322 e. The number of carbonyl (C=O) groups is 2. The van der Waals surface area contributed by atoms with Crippen molar-refractivity contribution in [3.63, 3.8) is 0 Å². The van der Waals surface area contributed by atoms with Crippen LogP contribution in [0.5, 0.6) is 0 Å². The molecule has 1 N–H and O–H groups in total. The number of thioether (sulfide) groups is 1. The third kappa shape index (κ3) is 4.96. The summed E-state index contributed by atoms with van der Waals surface area (Å²) in [7, 11) is 0. The van der Waals surface area contributed by atoms with Gasteiger partial charge in [-0.3, -0.25) is 14.5 Å². The van der Waals surface area contributed by atoms with Gasteiger partial charge in [0.05, 0.1) is 22.7 Å². The van der Waals surface area contributed by atoms with Crippen molar-refractivity contribution in [1.82, 2.24) is 0 Å². The van der Waals surface area contributed by atoms with Gasteiger partial charge in [0.1, 0.15) is 0 Å². The van der Waals surface area contributed by atoms with Crippen molar-refractivity contribution in [3.05, 3.63) is 107 Å². The summed E-state index contributed by atoms with van der Waals surface area (Å²) < 4.78 is 0. The van der Waals surface area contributed by atoms with Crippen LogP contribution in [0.4, 0.5) is 17.1 Å². The number of nitrogens with zero attached hydrogens (tertiary/aromatic N) is 1. The lowest BCUT2D eigenvalue weighted by molar-refractivity contribution is -0.115. The van der Waals surface area contributed by atoms with Crippen LogP contribution in [0.25, 0.3) is 0 Å². The van der Waals surface area contributed by atoms with Gasteiger partial charge in [0, 0.05) is 25.4 Å². The Labute approximate surface area is 217 Å². The first kappa shape index (κ1) is 23.5. The second kappa shape index (κ2) is 10.2. The number of hydrogen-bond acceptors (Lipinski definition) is 4. The average molecular weight is 517 g/mol. The molecule has 0 atom stereocenters. The quantitative estimate of drug-likeness (QED) is 0.275. The van der Waals surface area contributed by atoms with E-state index in [1.807, 2.05) is 85.8 Å². The van der Waals surface area contributed by atoms with Gasteiger partial charge in [-0.25, -0.2) is 0 Å². The van der Waals surface area contributed by atoms with Crippen molar-refractivity contribution >= 4 is 64.0 Å². The predicted molar refractivity (Wildman–Crippen MR) is 145 cm³/mol. The molecule has 4 nitrogen and oxygen atoms in total. The molecule has 5 rings (SSSR count). The van der Waals surface area contributed by atoms with Crippen LogP contribution in [0.15, 0.2) is 106 Å². The van der Waals surface area contributed by atoms with Crippen LogP contribution in [0, 0.1) is 6.92 Å². The van der Waals surface area contributed by atoms with Crippen molar-refractivity contribution in [1.29, 1.82) is 0 Å². The van der Waals surface area contributed by atoms with E-state index in [4.69, 9.17) is 11.6 Å². The van der Waals surface area contributed by atoms with Gasteiger partial charge in [-0.2, -0.15) is 0 Å². The fourth-order valence-electron chi connectivity index (χ4n) is 3.83. The van der Waals surface area contributed by atoms with Gasteiger partial charge < -0.3 is 5.32 Å². The fourth-order valence-corrected chi connectivity index (χ4v) is 5.96. The average Bonchev–Trinajstić information content (AvgIpc) is 2.88. The minimum atomic E-state index is -0.245. The highest BCUT2D eigenvalue weighted by Crippen LogP contribution is 2.48. The molecule has 4 aromatic carbocycles. The first-order chi connectivity index (χ1) is 17.0. The Kier molecular flexibility index (Phi) is 6.86. The standard InChI is InChI=1S/C28H21ClN2O2S2/c1-18-14-15-19(16-21(18)29)30-28(33)20-8-2-5-11-24(20)34-17-27(32)31-22-9-3-6-12-25(22)35-26-13-7-4-10-23(26)31/h2-16H,17H2,1H3,(H,30,33). The lowest BCUT2D eigenvalue weighted by Crippen LogP contribution is -2.30. The summed E-state index contributed by atoms with van der Waals surface area (Å²) in [5, 5.41) is 3.50. The second-order valence-electron chi connectivity index (χ2n) is 7.97. The number of halogens is 1. The van der Waals surface area contributed by atoms with Gasteiger partial charge in [0.25, 0.3) is 5.91 Å². The van der Waals surface area contributed by atoms with Gasteiger partial charge in [-0.15, -0.1) is 11.8 Å². The molecule has 0 saturated carbocycles. The summed E-state index contributed by atoms with van der Waals surface area (Å²) in [6.45, 7) is 1.91. The van der Waals surface area contributed by atoms with Crippen molar-refractivity contribution in [2.75, 3.05) is 16.0 Å². The largest absolute Gasteiger partial charge is 0.322 e. The van der Waals surface area contributed by atoms with E-state index in [1.54, 1.807) is 28.8 Å². The highest BCUT2D eigenvalue weighted by Gasteiger charge is 2.28. The number of aryl methyl sites for hydroxylation is 1. The molecule has 0 fully saturated rings. The van der Waals surface area contributed by atoms with E-state index in [0.29, 0.717) is 16.3 Å². The molecule has 2 amide bonds. The summed E-state index contributed by atoms with van der Waals surface area (Å²) >= 11 is 9.23. The van der Waals surface area contributed by atoms with E-state index in [9.17, 15) is 9.59 Å². The Morgan fingerprint density at radius 2 is 1.51 bits per heavy atom. The molecular weight excluding hydrogens is 496 g/mol. The number of rotatable bonds is 5. The van der Waals surface area contributed by atoms with Gasteiger partial charge in [0.15, 0.2) is 0 Å². The molecule has 4 aromatic rings. The highest BCUT2D eigenvalue weighted by molar-refractivity contribution is 8.00. The summed E-state index contributed by atoms with van der Waals surface area (Å²) in [4.78, 5) is 31.2. The predicted octanol–water partition coefficient (Wildman–Crippen LogP) is 7.82. The molecule has 0 bridgehead atoms. The zero-order chi connectivity index (χ0) is 24.4. The topological polar surface area (TPSA) is 49.4 Å². The van der Waals surface area contributed by atoms with E-state index in [2.05, 4.69) is 5.32 Å². The van der Waals surface area contributed by atoms with Gasteiger partial charge in [-0.1, -0.05) is 65.8 Å². The Bertz CT molecular complexity index is 1390. The van der Waals surface area contributed by atoms with Crippen LogP contribution in [0.3, 0.4) is 0 Å². The summed E-state index contributed by atoms with van der Waals surface area (Å²) in [6.07, 6.45) is 0. The number of fused-ring (bicyclic) bond motifs is 2. The van der Waals surface area contributed by atoms with Crippen LogP contribution >= 0.6 is 35.1 Å². The molecule has 7 heteroatoms. The van der Waals surface area contributed by atoms with Crippen LogP contribution in [-0.2, 0) is 4.79 Å². The van der Waals surface area contributed by atoms with Crippen molar-refractivity contribution in [3.8, 4) is 0 Å². The van der Waals surface area contributed by atoms with E-state index < -0.39 is 0 Å². The Balaban J connectivity index is 1.36. The Hall–Kier alpha value is -3.19. The van der Waals surface area contributed by atoms with E-state index in [0.717, 1.165) is 31.6 Å². The molecule has 0 aromatic heterocycles. The third-order valence-corrected chi connectivity index (χ3v) is 8.19. The zero-order valence-electron chi connectivity index (χ0n) is 18.8. The molecule has 35 heavy (non-hydrogen) atoms. The minimum absolute atomic E-state index is 0.0456. The van der Waals surface area contributed by atoms with Crippen LogP contribution in [-0.4, -0.2) is 17.6 Å². The Morgan fingerprint density at radius 3 is 2.20 bits per heavy atom. The third-order valence-electron chi connectivity index (χ3n) is 5.59. The fraction of sp³-hybridized carbons (Fsp3) is 0.0714. The first-order valence-corrected chi connectivity index (χ1v) is 13.2. The van der Waals surface area contributed by atoms with Crippen LogP contribution in [0.2, 0.25) is 5.02 Å². The number of carbonyl (C=O) groups excluding carboxylic acids is 2. The highest BCUT2D eigenvalue weighted by atomic mass is 35.5. The van der Waals surface area contributed by atoms with Crippen molar-refractivity contribution < 1.29 is 9.59 Å². The van der Waals surface area contributed by atoms with E-state index >= 15 is 0 Å². The van der Waals surface area contributed by atoms with E-state index in [1.165, 1.54) is 11.8 Å². The number of para-hydroxylation sites is 2. The molecule has 0 radical (unpaired) electrons. The van der Waals surface area contributed by atoms with E-state index in [-0.39, 0.29) is 17.6 Å². The number of anilines is 3. The Morgan fingerprint density at radius 1 is 0.886 bits per heavy atom. The monoisotopic (exact) mass is 516 g/mol. The second-order valence-corrected chi connectivity index (χ2v) is 10.5. The molecule has 0 unspecified atom stereocenters. The van der Waals surface area contributed by atoms with Gasteiger partial charge >= 0.3 is 0 Å². The molecule has 1 aliphatic rings. The van der Waals surface area contributed by atoms with Crippen molar-refractivity contribution in [2.24, 2.45) is 0 Å². The smallest absolute Gasteiger partial charge is 0.256 e. The summed E-state index contributed by atoms with van der Waals surface area (Å²) in [6, 6.07) is 28.6. The van der Waals surface area contributed by atoms with Gasteiger partial charge in [0.2, 0.25) is 5.91 Å². The first-order valence-electron chi connectivity index (χ1n) is 11.0. The van der Waals surface area contributed by atoms with Crippen LogP contribution < -0.4 is 10.2 Å². The maximum atomic E-state index is 13.5. The SMILES string of the molecule is Cc1ccc(NC(=O)c2ccccc2SCC(=O)N2c3ccccc3Sc3ccccc32)cc1Cl. The summed E-state index contributed by atoms with van der Waals surface area (Å²) in [5.74, 6) is -0.102. The summed E-state index contributed by atoms with van der Waals surface area (Å²) in [5.41, 5.74) is 3.84. The molecule has 0 aliphatic carbocycles. The zero-order valence-corrected chi connectivity index (χ0v) is 21.2. The van der Waals surface area contributed by atoms with Crippen molar-refractivity contribution in [2.45, 2.75) is 21.6 Å². The lowest BCUT2D eigenvalue weighted by Gasteiger charge is -2.31. The number of benzene rings is 4. The van der Waals surface area contributed by atoms with Crippen LogP contribution in [0.1, 0.15) is 15.9 Å². The maximum Gasteiger partial charge on any atom is 0.256 e. The lowest BCUT2D eigenvalue weighted by atomic mass is 10.2. The number of hydrogen-bond donors (Lipinski definition) is 1.